The van der Waals surface area contributed by atoms with Gasteiger partial charge in [0.2, 0.25) is 5.91 Å². The first-order valence-corrected chi connectivity index (χ1v) is 9.02. The van der Waals surface area contributed by atoms with Gasteiger partial charge in [0.15, 0.2) is 0 Å². The Kier molecular flexibility index (Phi) is 5.56. The van der Waals surface area contributed by atoms with Crippen molar-refractivity contribution >= 4 is 17.6 Å². The van der Waals surface area contributed by atoms with Gasteiger partial charge in [-0.25, -0.2) is 4.79 Å². The van der Waals surface area contributed by atoms with Crippen LogP contribution in [0.2, 0.25) is 0 Å². The Morgan fingerprint density at radius 2 is 1.88 bits per heavy atom. The lowest BCUT2D eigenvalue weighted by atomic mass is 10.0. The molecule has 0 radical (unpaired) electrons. The topological polar surface area (TPSA) is 70.2 Å². The van der Waals surface area contributed by atoms with Gasteiger partial charge in [-0.1, -0.05) is 36.4 Å². The second-order valence-electron chi connectivity index (χ2n) is 6.87. The van der Waals surface area contributed by atoms with Crippen molar-refractivity contribution in [2.75, 3.05) is 5.32 Å². The van der Waals surface area contributed by atoms with Crippen LogP contribution in [-0.4, -0.2) is 11.9 Å². The maximum atomic E-state index is 12.2. The smallest absolute Gasteiger partial charge is 0.315 e. The number of carbonyl (C=O) groups excluding carboxylic acids is 2. The van der Waals surface area contributed by atoms with Gasteiger partial charge in [-0.05, 0) is 55.5 Å². The SMILES string of the molecule is Cc1ccccc1[C@@H](C)NC(=O)NCc1cccc(NC(=O)C2CC2)c1. The first-order valence-electron chi connectivity index (χ1n) is 9.02. The van der Waals surface area contributed by atoms with Gasteiger partial charge >= 0.3 is 6.03 Å². The molecule has 0 heterocycles. The molecule has 0 aromatic heterocycles. The van der Waals surface area contributed by atoms with E-state index in [1.807, 2.05) is 62.4 Å². The molecule has 0 spiro atoms. The normalized spacial score (nSPS) is 14.4. The van der Waals surface area contributed by atoms with Crippen LogP contribution in [0.3, 0.4) is 0 Å². The summed E-state index contributed by atoms with van der Waals surface area (Å²) in [6.07, 6.45) is 1.96. The highest BCUT2D eigenvalue weighted by Crippen LogP contribution is 2.30. The second kappa shape index (κ2) is 8.04. The van der Waals surface area contributed by atoms with Crippen molar-refractivity contribution in [2.24, 2.45) is 5.92 Å². The molecule has 1 fully saturated rings. The van der Waals surface area contributed by atoms with Crippen LogP contribution in [0.1, 0.15) is 42.5 Å². The largest absolute Gasteiger partial charge is 0.334 e. The summed E-state index contributed by atoms with van der Waals surface area (Å²) in [5.74, 6) is 0.255. The van der Waals surface area contributed by atoms with Gasteiger partial charge in [-0.3, -0.25) is 4.79 Å². The average Bonchev–Trinajstić information content (AvgIpc) is 3.46. The number of urea groups is 1. The number of carbonyl (C=O) groups is 2. The molecule has 1 aliphatic carbocycles. The first-order chi connectivity index (χ1) is 12.5. The van der Waals surface area contributed by atoms with Crippen LogP contribution in [0.5, 0.6) is 0 Å². The van der Waals surface area contributed by atoms with Gasteiger partial charge in [0, 0.05) is 18.2 Å². The zero-order chi connectivity index (χ0) is 18.5. The molecule has 3 rings (SSSR count). The van der Waals surface area contributed by atoms with Crippen LogP contribution in [0.25, 0.3) is 0 Å². The quantitative estimate of drug-likeness (QED) is 0.738. The zero-order valence-corrected chi connectivity index (χ0v) is 15.2. The Morgan fingerprint density at radius 1 is 1.12 bits per heavy atom. The molecule has 5 nitrogen and oxygen atoms in total. The third-order valence-corrected chi connectivity index (χ3v) is 4.60. The monoisotopic (exact) mass is 351 g/mol. The van der Waals surface area contributed by atoms with E-state index in [-0.39, 0.29) is 23.9 Å². The van der Waals surface area contributed by atoms with E-state index in [2.05, 4.69) is 16.0 Å². The van der Waals surface area contributed by atoms with Crippen LogP contribution in [0.15, 0.2) is 48.5 Å². The van der Waals surface area contributed by atoms with Crippen molar-refractivity contribution in [1.82, 2.24) is 10.6 Å². The number of hydrogen-bond donors (Lipinski definition) is 3. The van der Waals surface area contributed by atoms with Crippen molar-refractivity contribution in [2.45, 2.75) is 39.3 Å². The number of amides is 3. The third-order valence-electron chi connectivity index (χ3n) is 4.60. The van der Waals surface area contributed by atoms with Gasteiger partial charge in [0.25, 0.3) is 0 Å². The Hall–Kier alpha value is -2.82. The summed E-state index contributed by atoms with van der Waals surface area (Å²) >= 11 is 0. The van der Waals surface area contributed by atoms with E-state index in [9.17, 15) is 9.59 Å². The molecule has 0 unspecified atom stereocenters. The van der Waals surface area contributed by atoms with Gasteiger partial charge in [-0.2, -0.15) is 0 Å². The fourth-order valence-electron chi connectivity index (χ4n) is 2.93. The minimum Gasteiger partial charge on any atom is -0.334 e. The highest BCUT2D eigenvalue weighted by atomic mass is 16.2. The lowest BCUT2D eigenvalue weighted by Crippen LogP contribution is -2.36. The summed E-state index contributed by atoms with van der Waals surface area (Å²) in [6.45, 7) is 4.41. The molecule has 1 saturated carbocycles. The summed E-state index contributed by atoms with van der Waals surface area (Å²) in [6, 6.07) is 15.3. The summed E-state index contributed by atoms with van der Waals surface area (Å²) in [4.78, 5) is 24.0. The lowest BCUT2D eigenvalue weighted by Gasteiger charge is -2.17. The number of benzene rings is 2. The molecule has 1 aliphatic rings. The summed E-state index contributed by atoms with van der Waals surface area (Å²) in [5, 5.41) is 8.75. The van der Waals surface area contributed by atoms with E-state index >= 15 is 0 Å². The molecule has 3 amide bonds. The molecule has 2 aromatic rings. The van der Waals surface area contributed by atoms with Gasteiger partial charge in [0.1, 0.15) is 0 Å². The van der Waals surface area contributed by atoms with Crippen LogP contribution in [-0.2, 0) is 11.3 Å². The molecule has 0 aliphatic heterocycles. The van der Waals surface area contributed by atoms with Crippen LogP contribution >= 0.6 is 0 Å². The van der Waals surface area contributed by atoms with Crippen LogP contribution < -0.4 is 16.0 Å². The van der Waals surface area contributed by atoms with E-state index in [1.54, 1.807) is 0 Å². The highest BCUT2D eigenvalue weighted by Gasteiger charge is 2.29. The van der Waals surface area contributed by atoms with Crippen LogP contribution in [0.4, 0.5) is 10.5 Å². The van der Waals surface area contributed by atoms with Crippen LogP contribution in [0, 0.1) is 12.8 Å². The Labute approximate surface area is 154 Å². The summed E-state index contributed by atoms with van der Waals surface area (Å²) in [7, 11) is 0. The minimum absolute atomic E-state index is 0.0691. The Bertz CT molecular complexity index is 799. The van der Waals surface area contributed by atoms with Crippen molar-refractivity contribution in [3.63, 3.8) is 0 Å². The van der Waals surface area contributed by atoms with Gasteiger partial charge in [-0.15, -0.1) is 0 Å². The third kappa shape index (κ3) is 4.85. The van der Waals surface area contributed by atoms with E-state index in [1.165, 1.54) is 0 Å². The lowest BCUT2D eigenvalue weighted by molar-refractivity contribution is -0.117. The maximum absolute atomic E-state index is 12.2. The highest BCUT2D eigenvalue weighted by molar-refractivity contribution is 5.94. The molecular weight excluding hydrogens is 326 g/mol. The average molecular weight is 351 g/mol. The predicted molar refractivity (Wildman–Crippen MR) is 103 cm³/mol. The first kappa shape index (κ1) is 18.0. The standard InChI is InChI=1S/C21H25N3O2/c1-14-6-3-4-9-19(14)15(2)23-21(26)22-13-16-7-5-8-18(12-16)24-20(25)17-10-11-17/h3-9,12,15,17H,10-11,13H2,1-2H3,(H,24,25)(H2,22,23,26)/t15-/m1/s1. The number of nitrogens with one attached hydrogen (secondary N) is 3. The molecule has 0 bridgehead atoms. The predicted octanol–water partition coefficient (Wildman–Crippen LogP) is 3.90. The maximum Gasteiger partial charge on any atom is 0.315 e. The van der Waals surface area contributed by atoms with Crippen molar-refractivity contribution < 1.29 is 9.59 Å². The summed E-state index contributed by atoms with van der Waals surface area (Å²) in [5.41, 5.74) is 3.97. The molecular formula is C21H25N3O2. The Morgan fingerprint density at radius 3 is 2.62 bits per heavy atom. The molecule has 2 aromatic carbocycles. The minimum atomic E-state index is -0.215. The molecule has 3 N–H and O–H groups in total. The molecule has 136 valence electrons. The van der Waals surface area contributed by atoms with E-state index in [0.29, 0.717) is 6.54 Å². The second-order valence-corrected chi connectivity index (χ2v) is 6.87. The van der Waals surface area contributed by atoms with E-state index in [0.717, 1.165) is 35.2 Å². The molecule has 0 saturated heterocycles. The van der Waals surface area contributed by atoms with E-state index < -0.39 is 0 Å². The molecule has 26 heavy (non-hydrogen) atoms. The van der Waals surface area contributed by atoms with E-state index in [4.69, 9.17) is 0 Å². The number of rotatable bonds is 6. The van der Waals surface area contributed by atoms with Crippen molar-refractivity contribution in [3.8, 4) is 0 Å². The van der Waals surface area contributed by atoms with Gasteiger partial charge < -0.3 is 16.0 Å². The van der Waals surface area contributed by atoms with Crippen molar-refractivity contribution in [1.29, 1.82) is 0 Å². The fraction of sp³-hybridized carbons (Fsp3) is 0.333. The van der Waals surface area contributed by atoms with Gasteiger partial charge in [0.05, 0.1) is 6.04 Å². The molecule has 1 atom stereocenters. The number of hydrogen-bond acceptors (Lipinski definition) is 2. The number of aryl methyl sites for hydroxylation is 1. The Balaban J connectivity index is 1.51. The summed E-state index contributed by atoms with van der Waals surface area (Å²) < 4.78 is 0. The molecule has 5 heteroatoms. The number of anilines is 1. The van der Waals surface area contributed by atoms with Crippen molar-refractivity contribution in [3.05, 3.63) is 65.2 Å². The zero-order valence-electron chi connectivity index (χ0n) is 15.2. The fourth-order valence-corrected chi connectivity index (χ4v) is 2.93.